The molecule has 35 heavy (non-hydrogen) atoms. The quantitative estimate of drug-likeness (QED) is 0.431. The largest absolute Gasteiger partial charge is 0.542 e. The van der Waals surface area contributed by atoms with Crippen molar-refractivity contribution >= 4 is 23.8 Å². The van der Waals surface area contributed by atoms with E-state index in [-0.39, 0.29) is 23.6 Å². The summed E-state index contributed by atoms with van der Waals surface area (Å²) in [5, 5.41) is 20.8. The van der Waals surface area contributed by atoms with Crippen LogP contribution < -0.4 is 16.2 Å². The maximum absolute atomic E-state index is 13.3. The summed E-state index contributed by atoms with van der Waals surface area (Å²) < 4.78 is 37.1. The van der Waals surface area contributed by atoms with Crippen LogP contribution in [0.5, 0.6) is 0 Å². The van der Waals surface area contributed by atoms with Crippen molar-refractivity contribution in [1.29, 1.82) is 0 Å². The van der Waals surface area contributed by atoms with Crippen molar-refractivity contribution in [2.24, 2.45) is 0 Å². The average molecular weight is 501 g/mol. The van der Waals surface area contributed by atoms with Crippen LogP contribution in [-0.4, -0.2) is 70.7 Å². The van der Waals surface area contributed by atoms with E-state index in [0.29, 0.717) is 13.0 Å². The average Bonchev–Trinajstić information content (AvgIpc) is 3.60. The summed E-state index contributed by atoms with van der Waals surface area (Å²) in [6.07, 6.45) is -2.46. The highest BCUT2D eigenvalue weighted by Gasteiger charge is 2.46. The van der Waals surface area contributed by atoms with Gasteiger partial charge in [-0.15, -0.1) is 0 Å². The standard InChI is InChI=1S/C20H25N3O5.C2HF3O2/c1-12(24)22-17-15(21)11-16(20(26)27)28-18(17)19(25)23(14-7-8-14)10-9-13-5-3-2-4-6-13;3-2(4,5)1(6)7/h2-6,11,14-15,17-18H,7-10,21H2,1H3,(H,22,24)(H,26,27);(H,6,7)/t15-,17+,18+;/m0./s1. The molecule has 13 heteroatoms. The molecule has 1 aromatic carbocycles. The molecule has 2 amide bonds. The number of amides is 2. The van der Waals surface area contributed by atoms with Gasteiger partial charge >= 0.3 is 12.1 Å². The van der Waals surface area contributed by atoms with E-state index in [2.05, 4.69) is 11.1 Å². The van der Waals surface area contributed by atoms with Gasteiger partial charge in [0.1, 0.15) is 18.1 Å². The molecule has 0 spiro atoms. The number of carbonyl (C=O) groups is 4. The molecular weight excluding hydrogens is 475 g/mol. The van der Waals surface area contributed by atoms with Gasteiger partial charge in [-0.25, -0.2) is 4.79 Å². The molecule has 10 nitrogen and oxygen atoms in total. The van der Waals surface area contributed by atoms with Crippen LogP contribution in [0.1, 0.15) is 25.3 Å². The van der Waals surface area contributed by atoms with Gasteiger partial charge in [0.15, 0.2) is 0 Å². The lowest BCUT2D eigenvalue weighted by Crippen LogP contribution is -2.74. The van der Waals surface area contributed by atoms with E-state index >= 15 is 0 Å². The number of nitrogens with one attached hydrogen (secondary N) is 1. The van der Waals surface area contributed by atoms with Crippen LogP contribution in [-0.2, 0) is 30.3 Å². The zero-order chi connectivity index (χ0) is 26.3. The van der Waals surface area contributed by atoms with Crippen LogP contribution >= 0.6 is 0 Å². The van der Waals surface area contributed by atoms with E-state index in [1.165, 1.54) is 13.0 Å². The first kappa shape index (κ1) is 27.6. The highest BCUT2D eigenvalue weighted by Crippen LogP contribution is 2.30. The summed E-state index contributed by atoms with van der Waals surface area (Å²) in [6, 6.07) is 8.67. The second-order valence-electron chi connectivity index (χ2n) is 8.05. The van der Waals surface area contributed by atoms with Gasteiger partial charge in [-0.1, -0.05) is 30.3 Å². The Bertz CT molecular complexity index is 965. The highest BCUT2D eigenvalue weighted by molar-refractivity contribution is 5.88. The molecule has 5 N–H and O–H groups in total. The van der Waals surface area contributed by atoms with Crippen molar-refractivity contribution in [3.63, 3.8) is 0 Å². The number of benzene rings is 1. The molecule has 1 aliphatic carbocycles. The Labute approximate surface area is 198 Å². The number of hydrogen-bond donors (Lipinski definition) is 3. The minimum atomic E-state index is -5.19. The van der Waals surface area contributed by atoms with Crippen LogP contribution in [0.25, 0.3) is 0 Å². The molecule has 1 heterocycles. The minimum absolute atomic E-state index is 0.125. The van der Waals surface area contributed by atoms with Gasteiger partial charge in [-0.2, -0.15) is 13.2 Å². The first-order valence-corrected chi connectivity index (χ1v) is 10.7. The summed E-state index contributed by atoms with van der Waals surface area (Å²) in [5.41, 5.74) is 5.02. The molecule has 0 bridgehead atoms. The van der Waals surface area contributed by atoms with E-state index in [9.17, 15) is 32.7 Å². The Kier molecular flexibility index (Phi) is 9.23. The molecule has 1 aromatic rings. The normalized spacial score (nSPS) is 21.4. The molecule has 0 saturated heterocycles. The van der Waals surface area contributed by atoms with Crippen LogP contribution in [0.15, 0.2) is 42.2 Å². The Morgan fingerprint density at radius 2 is 1.77 bits per heavy atom. The number of nitrogens with zero attached hydrogens (tertiary/aromatic N) is 1. The van der Waals surface area contributed by atoms with Crippen molar-refractivity contribution in [3.05, 3.63) is 47.7 Å². The van der Waals surface area contributed by atoms with Gasteiger partial charge in [-0.05, 0) is 24.8 Å². The maximum atomic E-state index is 13.3. The predicted molar refractivity (Wildman–Crippen MR) is 111 cm³/mol. The summed E-state index contributed by atoms with van der Waals surface area (Å²) in [7, 11) is 0. The number of aliphatic carboxylic acids is 2. The summed E-state index contributed by atoms with van der Waals surface area (Å²) in [4.78, 5) is 46.8. The molecular formula is C22H26F3N3O7. The van der Waals surface area contributed by atoms with Crippen LogP contribution in [0.3, 0.4) is 0 Å². The fraction of sp³-hybridized carbons (Fsp3) is 0.455. The zero-order valence-corrected chi connectivity index (χ0v) is 18.8. The monoisotopic (exact) mass is 501 g/mol. The number of carboxylic acids is 2. The van der Waals surface area contributed by atoms with Crippen LogP contribution in [0, 0.1) is 0 Å². The molecule has 192 valence electrons. The molecule has 0 radical (unpaired) electrons. The van der Waals surface area contributed by atoms with Gasteiger partial charge in [0.25, 0.3) is 5.91 Å². The topological polar surface area (TPSA) is 164 Å². The van der Waals surface area contributed by atoms with Crippen molar-refractivity contribution in [2.45, 2.75) is 56.6 Å². The Morgan fingerprint density at radius 1 is 1.20 bits per heavy atom. The fourth-order valence-corrected chi connectivity index (χ4v) is 3.43. The van der Waals surface area contributed by atoms with Gasteiger partial charge in [0.2, 0.25) is 17.8 Å². The van der Waals surface area contributed by atoms with Crippen LogP contribution in [0.4, 0.5) is 13.2 Å². The Hall–Kier alpha value is -3.61. The first-order valence-electron chi connectivity index (χ1n) is 10.7. The van der Waals surface area contributed by atoms with Gasteiger partial charge in [-0.3, -0.25) is 9.59 Å². The van der Waals surface area contributed by atoms with Gasteiger partial charge in [0, 0.05) is 25.6 Å². The SMILES string of the molecule is CC(=O)N[C@@H]1[C@@H]([NH3+])C=C(C(=O)O)O[C@H]1C(=O)N(CCc1ccccc1)C1CC1.O=C([O-])C(F)(F)F. The first-order chi connectivity index (χ1) is 16.3. The number of halogens is 3. The van der Waals surface area contributed by atoms with E-state index < -0.39 is 36.3 Å². The van der Waals surface area contributed by atoms with Crippen molar-refractivity contribution in [1.82, 2.24) is 10.2 Å². The molecule has 2 aliphatic rings. The molecule has 1 fully saturated rings. The number of hydrogen-bond acceptors (Lipinski definition) is 6. The van der Waals surface area contributed by atoms with E-state index in [1.54, 1.807) is 4.90 Å². The van der Waals surface area contributed by atoms with Gasteiger partial charge in [0.05, 0.1) is 0 Å². The molecule has 1 saturated carbocycles. The third kappa shape index (κ3) is 8.28. The Morgan fingerprint density at radius 3 is 2.23 bits per heavy atom. The van der Waals surface area contributed by atoms with E-state index in [4.69, 9.17) is 14.6 Å². The number of rotatable bonds is 7. The number of carboxylic acid groups (broad SMARTS) is 2. The number of quaternary nitrogens is 1. The van der Waals surface area contributed by atoms with Gasteiger partial charge < -0.3 is 35.7 Å². The second kappa shape index (κ2) is 11.7. The maximum Gasteiger partial charge on any atom is 0.430 e. The number of carbonyl (C=O) groups excluding carboxylic acids is 3. The lowest BCUT2D eigenvalue weighted by atomic mass is 9.97. The number of ether oxygens (including phenoxy) is 1. The minimum Gasteiger partial charge on any atom is -0.542 e. The zero-order valence-electron chi connectivity index (χ0n) is 18.8. The van der Waals surface area contributed by atoms with Crippen molar-refractivity contribution in [3.8, 4) is 0 Å². The van der Waals surface area contributed by atoms with E-state index in [0.717, 1.165) is 18.4 Å². The fourth-order valence-electron chi connectivity index (χ4n) is 3.43. The molecule has 3 rings (SSSR count). The van der Waals surface area contributed by atoms with Crippen molar-refractivity contribution < 1.29 is 53.0 Å². The molecule has 0 unspecified atom stereocenters. The molecule has 3 atom stereocenters. The highest BCUT2D eigenvalue weighted by atomic mass is 19.4. The Balaban J connectivity index is 0.000000540. The lowest BCUT2D eigenvalue weighted by Gasteiger charge is -2.35. The number of alkyl halides is 3. The smallest absolute Gasteiger partial charge is 0.430 e. The molecule has 1 aliphatic heterocycles. The van der Waals surface area contributed by atoms with Crippen LogP contribution in [0.2, 0.25) is 0 Å². The molecule has 0 aromatic heterocycles. The lowest BCUT2D eigenvalue weighted by molar-refractivity contribution is -0.414. The van der Waals surface area contributed by atoms with E-state index in [1.807, 2.05) is 30.3 Å². The second-order valence-corrected chi connectivity index (χ2v) is 8.05. The van der Waals surface area contributed by atoms with Crippen molar-refractivity contribution in [2.75, 3.05) is 6.54 Å². The third-order valence-electron chi connectivity index (χ3n) is 5.22. The summed E-state index contributed by atoms with van der Waals surface area (Å²) in [5.74, 6) is -5.20. The summed E-state index contributed by atoms with van der Waals surface area (Å²) in [6.45, 7) is 1.85. The predicted octanol–water partition coefficient (Wildman–Crippen LogP) is -0.999. The summed E-state index contributed by atoms with van der Waals surface area (Å²) >= 11 is 0. The third-order valence-corrected chi connectivity index (χ3v) is 5.22.